The van der Waals surface area contributed by atoms with Gasteiger partial charge < -0.3 is 4.42 Å². The van der Waals surface area contributed by atoms with E-state index in [1.807, 2.05) is 0 Å². The summed E-state index contributed by atoms with van der Waals surface area (Å²) in [6.45, 7) is 0. The van der Waals surface area contributed by atoms with Crippen LogP contribution in [0.5, 0.6) is 0 Å². The lowest BCUT2D eigenvalue weighted by Gasteiger charge is -2.00. The Bertz CT molecular complexity index is 815. The van der Waals surface area contributed by atoms with Crippen molar-refractivity contribution in [3.63, 3.8) is 0 Å². The number of para-hydroxylation sites is 1. The Balaban J connectivity index is 2.29. The first kappa shape index (κ1) is 11.4. The fourth-order valence-electron chi connectivity index (χ4n) is 2.00. The number of hydrogen-bond acceptors (Lipinski definition) is 2. The summed E-state index contributed by atoms with van der Waals surface area (Å²) >= 11 is 0. The van der Waals surface area contributed by atoms with Crippen LogP contribution in [0, 0.1) is 23.0 Å². The molecule has 0 aliphatic rings. The van der Waals surface area contributed by atoms with Gasteiger partial charge in [0.1, 0.15) is 17.6 Å². The van der Waals surface area contributed by atoms with E-state index in [-0.39, 0.29) is 16.9 Å². The number of fused-ring (bicyclic) bond motifs is 1. The van der Waals surface area contributed by atoms with Crippen molar-refractivity contribution in [2.24, 2.45) is 0 Å². The Morgan fingerprint density at radius 1 is 1.00 bits per heavy atom. The fraction of sp³-hybridized carbons (Fsp3) is 0. The van der Waals surface area contributed by atoms with Crippen molar-refractivity contribution in [3.05, 3.63) is 59.7 Å². The van der Waals surface area contributed by atoms with Crippen LogP contribution in [0.15, 0.2) is 46.9 Å². The minimum Gasteiger partial charge on any atom is -0.453 e. The van der Waals surface area contributed by atoms with Gasteiger partial charge in [0.05, 0.1) is 5.56 Å². The Kier molecular flexibility index (Phi) is 2.53. The van der Waals surface area contributed by atoms with E-state index in [0.717, 1.165) is 0 Å². The van der Waals surface area contributed by atoms with Gasteiger partial charge in [-0.05, 0) is 24.3 Å². The van der Waals surface area contributed by atoms with Crippen molar-refractivity contribution in [1.82, 2.24) is 0 Å². The summed E-state index contributed by atoms with van der Waals surface area (Å²) in [6, 6.07) is 12.2. The van der Waals surface area contributed by atoms with Gasteiger partial charge in [0, 0.05) is 10.9 Å². The molecule has 2 aromatic carbocycles. The summed E-state index contributed by atoms with van der Waals surface area (Å²) in [5.74, 6) is -0.837. The molecular weight excluding hydrogens is 248 g/mol. The van der Waals surface area contributed by atoms with Gasteiger partial charge in [0.2, 0.25) is 0 Å². The van der Waals surface area contributed by atoms with Crippen molar-refractivity contribution < 1.29 is 13.2 Å². The average molecular weight is 255 g/mol. The molecule has 0 N–H and O–H groups in total. The van der Waals surface area contributed by atoms with Gasteiger partial charge in [0.25, 0.3) is 0 Å². The van der Waals surface area contributed by atoms with Gasteiger partial charge in [-0.2, -0.15) is 5.26 Å². The summed E-state index contributed by atoms with van der Waals surface area (Å²) < 4.78 is 32.5. The van der Waals surface area contributed by atoms with Gasteiger partial charge in [-0.15, -0.1) is 0 Å². The topological polar surface area (TPSA) is 36.9 Å². The number of halogens is 2. The zero-order chi connectivity index (χ0) is 13.4. The zero-order valence-corrected chi connectivity index (χ0v) is 9.65. The van der Waals surface area contributed by atoms with Gasteiger partial charge in [-0.1, -0.05) is 18.2 Å². The molecule has 4 heteroatoms. The molecule has 0 amide bonds. The standard InChI is InChI=1S/C15H7F2NO/c16-12-5-2-4-10(11(12)8-18)14-7-9-3-1-6-13(17)15(9)19-14/h1-7H. The highest BCUT2D eigenvalue weighted by Crippen LogP contribution is 2.31. The van der Waals surface area contributed by atoms with Gasteiger partial charge in [-0.25, -0.2) is 8.78 Å². The van der Waals surface area contributed by atoms with Gasteiger partial charge in [-0.3, -0.25) is 0 Å². The van der Waals surface area contributed by atoms with E-state index in [1.165, 1.54) is 18.2 Å². The van der Waals surface area contributed by atoms with Crippen LogP contribution in [-0.4, -0.2) is 0 Å². The Hall–Kier alpha value is -2.67. The molecule has 0 unspecified atom stereocenters. The smallest absolute Gasteiger partial charge is 0.170 e. The molecule has 1 aromatic heterocycles. The first-order valence-electron chi connectivity index (χ1n) is 5.58. The molecule has 3 rings (SSSR count). The molecular formula is C15H7F2NO. The quantitative estimate of drug-likeness (QED) is 0.651. The maximum absolute atomic E-state index is 13.5. The first-order valence-corrected chi connectivity index (χ1v) is 5.58. The molecule has 2 nitrogen and oxygen atoms in total. The minimum absolute atomic E-state index is 0.102. The monoisotopic (exact) mass is 255 g/mol. The maximum atomic E-state index is 13.5. The van der Waals surface area contributed by atoms with E-state index in [0.29, 0.717) is 10.9 Å². The minimum atomic E-state index is -0.624. The summed E-state index contributed by atoms with van der Waals surface area (Å²) in [7, 11) is 0. The van der Waals surface area contributed by atoms with Crippen LogP contribution in [0.2, 0.25) is 0 Å². The summed E-state index contributed by atoms with van der Waals surface area (Å²) in [5, 5.41) is 9.56. The van der Waals surface area contributed by atoms with Crippen molar-refractivity contribution in [2.45, 2.75) is 0 Å². The van der Waals surface area contributed by atoms with Gasteiger partial charge in [0.15, 0.2) is 11.4 Å². The van der Waals surface area contributed by atoms with Gasteiger partial charge >= 0.3 is 0 Å². The molecule has 0 bridgehead atoms. The molecule has 19 heavy (non-hydrogen) atoms. The summed E-state index contributed by atoms with van der Waals surface area (Å²) in [4.78, 5) is 0. The second-order valence-electron chi connectivity index (χ2n) is 4.04. The van der Waals surface area contributed by atoms with E-state index in [9.17, 15) is 8.78 Å². The maximum Gasteiger partial charge on any atom is 0.170 e. The van der Waals surface area contributed by atoms with Crippen LogP contribution >= 0.6 is 0 Å². The van der Waals surface area contributed by atoms with Crippen molar-refractivity contribution in [1.29, 1.82) is 5.26 Å². The zero-order valence-electron chi connectivity index (χ0n) is 9.65. The van der Waals surface area contributed by atoms with E-state index in [4.69, 9.17) is 9.68 Å². The highest BCUT2D eigenvalue weighted by Gasteiger charge is 2.15. The number of benzene rings is 2. The van der Waals surface area contributed by atoms with Crippen LogP contribution < -0.4 is 0 Å². The Labute approximate surface area is 107 Å². The Morgan fingerprint density at radius 2 is 1.74 bits per heavy atom. The van der Waals surface area contributed by atoms with Crippen molar-refractivity contribution in [3.8, 4) is 17.4 Å². The molecule has 0 radical (unpaired) electrons. The molecule has 0 atom stereocenters. The van der Waals surface area contributed by atoms with Crippen LogP contribution in [0.4, 0.5) is 8.78 Å². The molecule has 0 fully saturated rings. The highest BCUT2D eigenvalue weighted by molar-refractivity contribution is 5.84. The second-order valence-corrected chi connectivity index (χ2v) is 4.04. The fourth-order valence-corrected chi connectivity index (χ4v) is 2.00. The molecule has 1 heterocycles. The predicted octanol–water partition coefficient (Wildman–Crippen LogP) is 4.25. The number of nitrogens with zero attached hydrogens (tertiary/aromatic N) is 1. The lowest BCUT2D eigenvalue weighted by molar-refractivity contribution is 0.567. The average Bonchev–Trinajstić information content (AvgIpc) is 2.84. The van der Waals surface area contributed by atoms with E-state index < -0.39 is 11.6 Å². The van der Waals surface area contributed by atoms with E-state index in [2.05, 4.69) is 0 Å². The molecule has 0 saturated heterocycles. The molecule has 92 valence electrons. The normalized spacial score (nSPS) is 10.6. The lowest BCUT2D eigenvalue weighted by atomic mass is 10.1. The van der Waals surface area contributed by atoms with Crippen LogP contribution in [0.25, 0.3) is 22.3 Å². The molecule has 0 spiro atoms. The Morgan fingerprint density at radius 3 is 2.47 bits per heavy atom. The summed E-state index contributed by atoms with van der Waals surface area (Å²) in [5.41, 5.74) is 0.311. The van der Waals surface area contributed by atoms with Crippen LogP contribution in [0.3, 0.4) is 0 Å². The summed E-state index contributed by atoms with van der Waals surface area (Å²) in [6.07, 6.45) is 0. The van der Waals surface area contributed by atoms with Crippen molar-refractivity contribution >= 4 is 11.0 Å². The third kappa shape index (κ3) is 1.76. The molecule has 3 aromatic rings. The number of rotatable bonds is 1. The first-order chi connectivity index (χ1) is 9.20. The highest BCUT2D eigenvalue weighted by atomic mass is 19.1. The van der Waals surface area contributed by atoms with E-state index >= 15 is 0 Å². The SMILES string of the molecule is N#Cc1c(F)cccc1-c1cc2cccc(F)c2o1. The van der Waals surface area contributed by atoms with Crippen LogP contribution in [-0.2, 0) is 0 Å². The number of hydrogen-bond donors (Lipinski definition) is 0. The largest absolute Gasteiger partial charge is 0.453 e. The molecule has 0 aliphatic carbocycles. The van der Waals surface area contributed by atoms with Crippen LogP contribution in [0.1, 0.15) is 5.56 Å². The molecule has 0 aliphatic heterocycles. The second kappa shape index (κ2) is 4.21. The molecule has 0 saturated carbocycles. The lowest BCUT2D eigenvalue weighted by Crippen LogP contribution is -1.87. The van der Waals surface area contributed by atoms with Crippen molar-refractivity contribution in [2.75, 3.05) is 0 Å². The predicted molar refractivity (Wildman–Crippen MR) is 66.3 cm³/mol. The van der Waals surface area contributed by atoms with E-state index in [1.54, 1.807) is 30.3 Å². The third-order valence-electron chi connectivity index (χ3n) is 2.89. The third-order valence-corrected chi connectivity index (χ3v) is 2.89. The number of furan rings is 1. The number of nitriles is 1.